The zero-order chi connectivity index (χ0) is 19.6. The maximum atomic E-state index is 10.3. The molecule has 3 N–H and O–H groups in total. The van der Waals surface area contributed by atoms with Gasteiger partial charge in [0.2, 0.25) is 0 Å². The van der Waals surface area contributed by atoms with Crippen LogP contribution in [0.2, 0.25) is 0 Å². The number of methoxy groups -OCH3 is 1. The largest absolute Gasteiger partial charge is 0.469 e. The molecule has 1 aromatic rings. The van der Waals surface area contributed by atoms with Crippen LogP contribution in [0.25, 0.3) is 0 Å². The van der Waals surface area contributed by atoms with Crippen molar-refractivity contribution in [3.8, 4) is 0 Å². The van der Waals surface area contributed by atoms with E-state index in [9.17, 15) is 5.11 Å². The van der Waals surface area contributed by atoms with Gasteiger partial charge in [-0.25, -0.2) is 0 Å². The predicted octanol–water partition coefficient (Wildman–Crippen LogP) is 1.77. The molecule has 0 radical (unpaired) electrons. The Kier molecular flexibility index (Phi) is 8.64. The van der Waals surface area contributed by atoms with Gasteiger partial charge in [0.15, 0.2) is 5.96 Å². The van der Waals surface area contributed by atoms with Crippen molar-refractivity contribution >= 4 is 5.96 Å². The second-order valence-corrected chi connectivity index (χ2v) is 7.85. The molecule has 0 bridgehead atoms. The molecule has 1 aliphatic heterocycles. The molecule has 158 valence electrons. The first-order valence-corrected chi connectivity index (χ1v) is 10.7. The molecule has 2 atom stereocenters. The summed E-state index contributed by atoms with van der Waals surface area (Å²) in [5.74, 6) is 1.82. The van der Waals surface area contributed by atoms with E-state index in [2.05, 4.69) is 20.5 Å². The van der Waals surface area contributed by atoms with E-state index in [0.29, 0.717) is 25.2 Å². The summed E-state index contributed by atoms with van der Waals surface area (Å²) in [4.78, 5) is 7.13. The minimum absolute atomic E-state index is 0.146. The summed E-state index contributed by atoms with van der Waals surface area (Å²) in [6.07, 6.45) is 9.05. The van der Waals surface area contributed by atoms with Crippen molar-refractivity contribution in [1.82, 2.24) is 15.5 Å². The van der Waals surface area contributed by atoms with Crippen LogP contribution in [-0.4, -0.2) is 74.0 Å². The molecule has 1 saturated heterocycles. The van der Waals surface area contributed by atoms with Crippen LogP contribution >= 0.6 is 0 Å². The Balaban J connectivity index is 1.44. The molecular formula is C21H36N4O3. The van der Waals surface area contributed by atoms with Crippen molar-refractivity contribution in [3.05, 3.63) is 24.2 Å². The highest BCUT2D eigenvalue weighted by molar-refractivity contribution is 5.80. The monoisotopic (exact) mass is 392 g/mol. The van der Waals surface area contributed by atoms with Gasteiger partial charge in [-0.3, -0.25) is 9.89 Å². The van der Waals surface area contributed by atoms with Crippen LogP contribution in [0.15, 0.2) is 27.8 Å². The fourth-order valence-electron chi connectivity index (χ4n) is 4.25. The Labute approximate surface area is 168 Å². The van der Waals surface area contributed by atoms with E-state index in [1.165, 1.54) is 12.8 Å². The summed E-state index contributed by atoms with van der Waals surface area (Å²) in [5, 5.41) is 17.3. The fourth-order valence-corrected chi connectivity index (χ4v) is 4.25. The summed E-state index contributed by atoms with van der Waals surface area (Å²) in [6, 6.07) is 4.68. The number of aliphatic hydroxyl groups is 1. The number of furan rings is 1. The number of hydrogen-bond donors (Lipinski definition) is 3. The quantitative estimate of drug-likeness (QED) is 0.355. The lowest BCUT2D eigenvalue weighted by atomic mass is 9.89. The highest BCUT2D eigenvalue weighted by Crippen LogP contribution is 2.25. The van der Waals surface area contributed by atoms with Crippen molar-refractivity contribution in [3.63, 3.8) is 0 Å². The minimum atomic E-state index is -0.146. The Bertz CT molecular complexity index is 570. The standard InChI is InChI=1S/C21H36N4O3/c1-27-16-12-23-21(22-11-8-18-5-4-15-28-18)24-17-9-13-25(14-10-17)19-6-2-3-7-20(19)26/h4-5,15,17,19-20,26H,2-3,6-14,16H2,1H3,(H2,22,23,24). The van der Waals surface area contributed by atoms with Gasteiger partial charge in [0.1, 0.15) is 5.76 Å². The first-order valence-electron chi connectivity index (χ1n) is 10.7. The number of guanidine groups is 1. The van der Waals surface area contributed by atoms with Crippen LogP contribution < -0.4 is 10.6 Å². The molecule has 7 nitrogen and oxygen atoms in total. The zero-order valence-corrected chi connectivity index (χ0v) is 17.1. The summed E-state index contributed by atoms with van der Waals surface area (Å²) in [6.45, 7) is 4.11. The maximum Gasteiger partial charge on any atom is 0.191 e. The smallest absolute Gasteiger partial charge is 0.191 e. The maximum absolute atomic E-state index is 10.3. The highest BCUT2D eigenvalue weighted by atomic mass is 16.5. The molecule has 2 fully saturated rings. The normalized spacial score (nSPS) is 25.0. The Morgan fingerprint density at radius 3 is 2.82 bits per heavy atom. The topological polar surface area (TPSA) is 82.3 Å². The SMILES string of the molecule is COCCN=C(NCCc1ccco1)NC1CCN(C2CCCCC2O)CC1. The van der Waals surface area contributed by atoms with Crippen LogP contribution in [0.1, 0.15) is 44.3 Å². The average Bonchev–Trinajstić information content (AvgIpc) is 3.23. The lowest BCUT2D eigenvalue weighted by Crippen LogP contribution is -2.53. The molecule has 0 aromatic carbocycles. The molecule has 28 heavy (non-hydrogen) atoms. The zero-order valence-electron chi connectivity index (χ0n) is 17.1. The van der Waals surface area contributed by atoms with E-state index in [4.69, 9.17) is 9.15 Å². The van der Waals surface area contributed by atoms with E-state index < -0.39 is 0 Å². The first-order chi connectivity index (χ1) is 13.8. The van der Waals surface area contributed by atoms with Crippen molar-refractivity contribution in [1.29, 1.82) is 0 Å². The van der Waals surface area contributed by atoms with Crippen molar-refractivity contribution in [2.24, 2.45) is 4.99 Å². The van der Waals surface area contributed by atoms with Crippen LogP contribution in [0.3, 0.4) is 0 Å². The lowest BCUT2D eigenvalue weighted by Gasteiger charge is -2.41. The lowest BCUT2D eigenvalue weighted by molar-refractivity contribution is 0.00810. The molecule has 1 aromatic heterocycles. The van der Waals surface area contributed by atoms with Gasteiger partial charge in [0, 0.05) is 45.2 Å². The first kappa shape index (κ1) is 21.1. The van der Waals surface area contributed by atoms with E-state index in [-0.39, 0.29) is 6.10 Å². The molecule has 1 saturated carbocycles. The van der Waals surface area contributed by atoms with Crippen molar-refractivity contribution in [2.45, 2.75) is 63.1 Å². The van der Waals surface area contributed by atoms with Crippen molar-refractivity contribution < 1.29 is 14.3 Å². The third-order valence-corrected chi connectivity index (χ3v) is 5.84. The van der Waals surface area contributed by atoms with Crippen LogP contribution in [0, 0.1) is 0 Å². The van der Waals surface area contributed by atoms with Crippen LogP contribution in [-0.2, 0) is 11.2 Å². The summed E-state index contributed by atoms with van der Waals surface area (Å²) in [7, 11) is 1.70. The number of nitrogens with one attached hydrogen (secondary N) is 2. The van der Waals surface area contributed by atoms with E-state index >= 15 is 0 Å². The third kappa shape index (κ3) is 6.50. The van der Waals surface area contributed by atoms with Gasteiger partial charge in [0.05, 0.1) is 25.5 Å². The van der Waals surface area contributed by atoms with E-state index in [0.717, 1.165) is 63.5 Å². The number of piperidine rings is 1. The fraction of sp³-hybridized carbons (Fsp3) is 0.762. The van der Waals surface area contributed by atoms with Gasteiger partial charge in [0.25, 0.3) is 0 Å². The molecule has 0 amide bonds. The Hall–Kier alpha value is -1.57. The van der Waals surface area contributed by atoms with Crippen molar-refractivity contribution in [2.75, 3.05) is 39.9 Å². The molecule has 7 heteroatoms. The Morgan fingerprint density at radius 1 is 1.29 bits per heavy atom. The summed E-state index contributed by atoms with van der Waals surface area (Å²) in [5.41, 5.74) is 0. The number of aliphatic imine (C=N–C) groups is 1. The van der Waals surface area contributed by atoms with Gasteiger partial charge in [-0.1, -0.05) is 12.8 Å². The summed E-state index contributed by atoms with van der Waals surface area (Å²) < 4.78 is 10.5. The Morgan fingerprint density at radius 2 is 2.11 bits per heavy atom. The predicted molar refractivity (Wildman–Crippen MR) is 111 cm³/mol. The van der Waals surface area contributed by atoms with Gasteiger partial charge in [-0.15, -0.1) is 0 Å². The van der Waals surface area contributed by atoms with Gasteiger partial charge in [-0.05, 0) is 37.8 Å². The molecule has 1 aliphatic carbocycles. The number of rotatable bonds is 8. The van der Waals surface area contributed by atoms with Gasteiger partial charge in [-0.2, -0.15) is 0 Å². The number of likely N-dealkylation sites (tertiary alicyclic amines) is 1. The molecule has 2 aliphatic rings. The number of aliphatic hydroxyl groups excluding tert-OH is 1. The second-order valence-electron chi connectivity index (χ2n) is 7.85. The van der Waals surface area contributed by atoms with E-state index in [1.807, 2.05) is 12.1 Å². The second kappa shape index (κ2) is 11.4. The van der Waals surface area contributed by atoms with Crippen LogP contribution in [0.5, 0.6) is 0 Å². The molecule has 3 rings (SSSR count). The number of hydrogen-bond acceptors (Lipinski definition) is 5. The third-order valence-electron chi connectivity index (χ3n) is 5.84. The number of nitrogens with zero attached hydrogens (tertiary/aromatic N) is 2. The van der Waals surface area contributed by atoms with Gasteiger partial charge >= 0.3 is 0 Å². The molecular weight excluding hydrogens is 356 g/mol. The molecule has 2 heterocycles. The minimum Gasteiger partial charge on any atom is -0.469 e. The molecule has 0 spiro atoms. The average molecular weight is 393 g/mol. The van der Waals surface area contributed by atoms with Gasteiger partial charge < -0.3 is 24.9 Å². The van der Waals surface area contributed by atoms with Crippen LogP contribution in [0.4, 0.5) is 0 Å². The molecule has 2 unspecified atom stereocenters. The highest BCUT2D eigenvalue weighted by Gasteiger charge is 2.31. The van der Waals surface area contributed by atoms with E-state index in [1.54, 1.807) is 13.4 Å². The summed E-state index contributed by atoms with van der Waals surface area (Å²) >= 11 is 0. The number of ether oxygens (including phenoxy) is 1.